The number of anilines is 2. The van der Waals surface area contributed by atoms with Crippen LogP contribution in [-0.2, 0) is 0 Å². The molecule has 0 aliphatic carbocycles. The number of nitrogens with two attached hydrogens (primary N) is 1. The number of H-pyrrole nitrogens is 1. The van der Waals surface area contributed by atoms with Crippen LogP contribution in [-0.4, -0.2) is 69.2 Å². The molecule has 0 unspecified atom stereocenters. The molecule has 3 N–H and O–H groups in total. The normalized spacial score (nSPS) is 17.1. The van der Waals surface area contributed by atoms with E-state index in [0.717, 1.165) is 70.1 Å². The lowest BCUT2D eigenvalue weighted by molar-refractivity contribution is 0.213. The third kappa shape index (κ3) is 4.87. The number of rotatable bonds is 5. The first-order chi connectivity index (χ1) is 18.0. The summed E-state index contributed by atoms with van der Waals surface area (Å²) >= 11 is 1.60. The second-order valence-corrected chi connectivity index (χ2v) is 10.6. The van der Waals surface area contributed by atoms with Gasteiger partial charge in [-0.05, 0) is 75.2 Å². The van der Waals surface area contributed by atoms with Gasteiger partial charge in [0.15, 0.2) is 0 Å². The highest BCUT2D eigenvalue weighted by Gasteiger charge is 2.21. The van der Waals surface area contributed by atoms with Gasteiger partial charge in [-0.15, -0.1) is 11.3 Å². The maximum atomic E-state index is 12.7. The number of nitrogens with zero attached hydrogens (tertiary/aromatic N) is 6. The van der Waals surface area contributed by atoms with E-state index >= 15 is 0 Å². The van der Waals surface area contributed by atoms with Crippen molar-refractivity contribution in [2.75, 3.05) is 37.7 Å². The van der Waals surface area contributed by atoms with Gasteiger partial charge in [-0.3, -0.25) is 9.91 Å². The summed E-state index contributed by atoms with van der Waals surface area (Å²) in [6.07, 6.45) is 7.09. The average molecular weight is 515 g/mol. The summed E-state index contributed by atoms with van der Waals surface area (Å²) in [5.74, 6) is 6.57. The third-order valence-electron chi connectivity index (χ3n) is 7.12. The highest BCUT2D eigenvalue weighted by atomic mass is 32.1. The monoisotopic (exact) mass is 514 g/mol. The van der Waals surface area contributed by atoms with Gasteiger partial charge in [0.05, 0.1) is 27.1 Å². The van der Waals surface area contributed by atoms with Crippen molar-refractivity contribution in [3.63, 3.8) is 0 Å². The van der Waals surface area contributed by atoms with E-state index in [1.165, 1.54) is 18.4 Å². The number of thiazole rings is 1. The van der Waals surface area contributed by atoms with Crippen LogP contribution in [0.1, 0.15) is 31.9 Å². The number of urea groups is 1. The van der Waals surface area contributed by atoms with Crippen LogP contribution >= 0.6 is 11.3 Å². The smallest absolute Gasteiger partial charge is 0.339 e. The predicted octanol–water partition coefficient (Wildman–Crippen LogP) is 4.95. The lowest BCUT2D eigenvalue weighted by Crippen LogP contribution is -2.34. The van der Waals surface area contributed by atoms with Gasteiger partial charge in [-0.2, -0.15) is 0 Å². The minimum Gasteiger partial charge on any atom is -0.339 e. The molecule has 2 aliphatic heterocycles. The van der Waals surface area contributed by atoms with Gasteiger partial charge in [0.2, 0.25) is 0 Å². The number of hydrazine groups is 1. The number of aromatic amines is 1. The molecule has 1 saturated heterocycles. The predicted molar refractivity (Wildman–Crippen MR) is 150 cm³/mol. The Bertz CT molecular complexity index is 1510. The Labute approximate surface area is 219 Å². The van der Waals surface area contributed by atoms with Crippen LogP contribution in [0.3, 0.4) is 0 Å². The number of carbonyl (C=O) groups is 1. The van der Waals surface area contributed by atoms with Crippen molar-refractivity contribution in [3.05, 3.63) is 53.8 Å². The Kier molecular flexibility index (Phi) is 6.45. The van der Waals surface area contributed by atoms with E-state index in [9.17, 15) is 4.79 Å². The SMILES string of the molecule is C/C(CN1CCCC1)=N\C(=O)N1CC=C(c2cc3c(N(N)c4ccc5ncsc5c4)ccnc3[nH]2)CC1. The molecule has 0 saturated carbocycles. The second-order valence-electron chi connectivity index (χ2n) is 9.69. The zero-order valence-electron chi connectivity index (χ0n) is 20.9. The molecule has 10 heteroatoms. The van der Waals surface area contributed by atoms with E-state index in [-0.39, 0.29) is 6.03 Å². The summed E-state index contributed by atoms with van der Waals surface area (Å²) in [4.78, 5) is 33.6. The number of likely N-dealkylation sites (tertiary alicyclic amines) is 1. The fourth-order valence-corrected chi connectivity index (χ4v) is 5.86. The van der Waals surface area contributed by atoms with Crippen LogP contribution in [0.5, 0.6) is 0 Å². The number of fused-ring (bicyclic) bond motifs is 2. The number of hydrogen-bond donors (Lipinski definition) is 2. The topological polar surface area (TPSA) is 107 Å². The average Bonchev–Trinajstić information content (AvgIpc) is 3.68. The number of nitrogens with one attached hydrogen (secondary N) is 1. The molecule has 2 amide bonds. The lowest BCUT2D eigenvalue weighted by Gasteiger charge is -2.25. The van der Waals surface area contributed by atoms with Crippen molar-refractivity contribution in [3.8, 4) is 0 Å². The van der Waals surface area contributed by atoms with Crippen molar-refractivity contribution < 1.29 is 4.79 Å². The van der Waals surface area contributed by atoms with Crippen molar-refractivity contribution in [1.82, 2.24) is 24.8 Å². The van der Waals surface area contributed by atoms with Gasteiger partial charge in [-0.1, -0.05) is 6.08 Å². The van der Waals surface area contributed by atoms with Crippen LogP contribution in [0.4, 0.5) is 16.2 Å². The fourth-order valence-electron chi connectivity index (χ4n) is 5.15. The maximum absolute atomic E-state index is 12.7. The van der Waals surface area contributed by atoms with E-state index in [4.69, 9.17) is 5.84 Å². The van der Waals surface area contributed by atoms with E-state index in [2.05, 4.69) is 43.1 Å². The van der Waals surface area contributed by atoms with E-state index in [1.54, 1.807) is 27.4 Å². The molecule has 1 aromatic carbocycles. The van der Waals surface area contributed by atoms with Crippen molar-refractivity contribution in [2.45, 2.75) is 26.2 Å². The standard InChI is InChI=1S/C27H30N8OS/c1-18(16-33-10-2-3-11-33)31-27(36)34-12-7-19(8-13-34)23-15-21-24(6-9-29-26(21)32-23)35(28)20-4-5-22-25(14-20)37-17-30-22/h4-7,9,14-15,17H,2-3,8,10-13,16,28H2,1H3,(H,29,32)/b31-18+. The van der Waals surface area contributed by atoms with Crippen molar-refractivity contribution >= 4 is 61.3 Å². The molecule has 0 bridgehead atoms. The zero-order valence-corrected chi connectivity index (χ0v) is 21.7. The largest absolute Gasteiger partial charge is 0.343 e. The molecule has 1 fully saturated rings. The zero-order chi connectivity index (χ0) is 25.4. The summed E-state index contributed by atoms with van der Waals surface area (Å²) in [6.45, 7) is 6.11. The summed E-state index contributed by atoms with van der Waals surface area (Å²) in [7, 11) is 0. The molecular formula is C27H30N8OS. The number of benzene rings is 1. The van der Waals surface area contributed by atoms with Crippen LogP contribution in [0.25, 0.3) is 26.8 Å². The Morgan fingerprint density at radius 2 is 2.05 bits per heavy atom. The fraction of sp³-hybridized carbons (Fsp3) is 0.333. The first-order valence-corrected chi connectivity index (χ1v) is 13.5. The summed E-state index contributed by atoms with van der Waals surface area (Å²) < 4.78 is 1.09. The summed E-state index contributed by atoms with van der Waals surface area (Å²) in [6, 6.07) is 9.90. The van der Waals surface area contributed by atoms with Crippen LogP contribution in [0.15, 0.2) is 53.1 Å². The minimum atomic E-state index is -0.149. The van der Waals surface area contributed by atoms with E-state index in [1.807, 2.05) is 30.6 Å². The van der Waals surface area contributed by atoms with Gasteiger partial charge >= 0.3 is 6.03 Å². The maximum Gasteiger partial charge on any atom is 0.343 e. The lowest BCUT2D eigenvalue weighted by atomic mass is 10.0. The molecule has 2 aliphatic rings. The minimum absolute atomic E-state index is 0.149. The molecule has 190 valence electrons. The van der Waals surface area contributed by atoms with Gasteiger partial charge in [0, 0.05) is 42.6 Å². The van der Waals surface area contributed by atoms with Gasteiger partial charge < -0.3 is 9.88 Å². The third-order valence-corrected chi connectivity index (χ3v) is 7.92. The summed E-state index contributed by atoms with van der Waals surface area (Å²) in [5.41, 5.74) is 8.40. The molecule has 0 radical (unpaired) electrons. The number of hydrogen-bond acceptors (Lipinski definition) is 7. The van der Waals surface area contributed by atoms with Crippen molar-refractivity contribution in [1.29, 1.82) is 0 Å². The van der Waals surface area contributed by atoms with Crippen molar-refractivity contribution in [2.24, 2.45) is 10.8 Å². The van der Waals surface area contributed by atoms with Gasteiger partial charge in [-0.25, -0.2) is 25.6 Å². The number of pyridine rings is 1. The number of amides is 2. The molecule has 9 nitrogen and oxygen atoms in total. The molecule has 0 spiro atoms. The Morgan fingerprint density at radius 3 is 2.86 bits per heavy atom. The Morgan fingerprint density at radius 1 is 1.19 bits per heavy atom. The first kappa shape index (κ1) is 23.8. The number of aliphatic imine (C=N–C) groups is 1. The first-order valence-electron chi connectivity index (χ1n) is 12.7. The molecule has 0 atom stereocenters. The van der Waals surface area contributed by atoms with Crippen LogP contribution in [0, 0.1) is 0 Å². The Balaban J connectivity index is 1.18. The molecule has 3 aromatic heterocycles. The van der Waals surface area contributed by atoms with E-state index in [0.29, 0.717) is 13.1 Å². The van der Waals surface area contributed by atoms with Gasteiger partial charge in [0.25, 0.3) is 0 Å². The molecule has 37 heavy (non-hydrogen) atoms. The highest BCUT2D eigenvalue weighted by Crippen LogP contribution is 2.34. The molecule has 4 aromatic rings. The second kappa shape index (κ2) is 10.0. The molecule has 6 rings (SSSR count). The summed E-state index contributed by atoms with van der Waals surface area (Å²) in [5, 5.41) is 2.64. The van der Waals surface area contributed by atoms with Crippen LogP contribution < -0.4 is 10.9 Å². The highest BCUT2D eigenvalue weighted by molar-refractivity contribution is 7.16. The number of aromatic nitrogens is 3. The molecule has 5 heterocycles. The number of carbonyl (C=O) groups excluding carboxylic acids is 1. The quantitative estimate of drug-likeness (QED) is 0.222. The van der Waals surface area contributed by atoms with Crippen LogP contribution in [0.2, 0.25) is 0 Å². The Hall–Kier alpha value is -3.60. The van der Waals surface area contributed by atoms with E-state index < -0.39 is 0 Å². The molecular weight excluding hydrogens is 484 g/mol. The van der Waals surface area contributed by atoms with Gasteiger partial charge in [0.1, 0.15) is 5.65 Å².